The van der Waals surface area contributed by atoms with Gasteiger partial charge in [0, 0.05) is 17.1 Å². The van der Waals surface area contributed by atoms with E-state index in [1.54, 1.807) is 12.3 Å². The minimum absolute atomic E-state index is 0.106. The topological polar surface area (TPSA) is 81.9 Å². The Balaban J connectivity index is 1.45. The minimum atomic E-state index is -0.297. The number of anilines is 1. The van der Waals surface area contributed by atoms with Crippen molar-refractivity contribution in [1.29, 1.82) is 0 Å². The lowest BCUT2D eigenvalue weighted by molar-refractivity contribution is -0.118. The summed E-state index contributed by atoms with van der Waals surface area (Å²) in [6, 6.07) is 14.5. The summed E-state index contributed by atoms with van der Waals surface area (Å²) in [5.41, 5.74) is 2.84. The summed E-state index contributed by atoms with van der Waals surface area (Å²) in [6.45, 7) is 5.78. The molecule has 0 saturated heterocycles. The third kappa shape index (κ3) is 4.97. The predicted molar refractivity (Wildman–Crippen MR) is 125 cm³/mol. The fourth-order valence-electron chi connectivity index (χ4n) is 3.18. The van der Waals surface area contributed by atoms with E-state index in [1.807, 2.05) is 57.2 Å². The number of aryl methyl sites for hydroxylation is 3. The van der Waals surface area contributed by atoms with Crippen molar-refractivity contribution in [1.82, 2.24) is 9.38 Å². The molecule has 7 nitrogen and oxygen atoms in total. The van der Waals surface area contributed by atoms with E-state index in [0.717, 1.165) is 16.0 Å². The highest BCUT2D eigenvalue weighted by atomic mass is 32.1. The molecule has 0 saturated carbocycles. The van der Waals surface area contributed by atoms with E-state index in [2.05, 4.69) is 10.3 Å². The van der Waals surface area contributed by atoms with Crippen molar-refractivity contribution >= 4 is 27.9 Å². The van der Waals surface area contributed by atoms with Gasteiger partial charge >= 0.3 is 0 Å². The van der Waals surface area contributed by atoms with Crippen molar-refractivity contribution in [2.75, 3.05) is 11.9 Å². The maximum Gasteiger partial charge on any atom is 0.262 e. The van der Waals surface area contributed by atoms with Crippen LogP contribution in [0.1, 0.15) is 21.7 Å². The zero-order valence-electron chi connectivity index (χ0n) is 18.0. The number of nitrogens with one attached hydrogen (secondary N) is 1. The van der Waals surface area contributed by atoms with E-state index in [9.17, 15) is 9.59 Å². The first-order valence-corrected chi connectivity index (χ1v) is 10.9. The molecule has 1 amide bonds. The van der Waals surface area contributed by atoms with Gasteiger partial charge in [-0.05, 0) is 50.1 Å². The van der Waals surface area contributed by atoms with Crippen molar-refractivity contribution < 1.29 is 14.3 Å². The first-order valence-electron chi connectivity index (χ1n) is 10.1. The van der Waals surface area contributed by atoms with E-state index in [4.69, 9.17) is 9.47 Å². The van der Waals surface area contributed by atoms with Gasteiger partial charge in [0.2, 0.25) is 0 Å². The Kier molecular flexibility index (Phi) is 6.23. The number of para-hydroxylation sites is 1. The smallest absolute Gasteiger partial charge is 0.262 e. The molecule has 0 bridgehead atoms. The number of carbonyl (C=O) groups is 1. The van der Waals surface area contributed by atoms with Crippen molar-refractivity contribution in [3.05, 3.63) is 86.8 Å². The summed E-state index contributed by atoms with van der Waals surface area (Å²) < 4.78 is 13.1. The highest BCUT2D eigenvalue weighted by molar-refractivity contribution is 7.16. The van der Waals surface area contributed by atoms with E-state index >= 15 is 0 Å². The summed E-state index contributed by atoms with van der Waals surface area (Å²) in [4.78, 5) is 30.9. The summed E-state index contributed by atoms with van der Waals surface area (Å²) in [5, 5.41) is 2.83. The monoisotopic (exact) mass is 449 g/mol. The van der Waals surface area contributed by atoms with Crippen LogP contribution in [0.4, 0.5) is 5.69 Å². The molecule has 2 aromatic carbocycles. The molecule has 32 heavy (non-hydrogen) atoms. The third-order valence-corrected chi connectivity index (χ3v) is 5.67. The van der Waals surface area contributed by atoms with Gasteiger partial charge in [-0.3, -0.25) is 14.0 Å². The Hall–Kier alpha value is -3.65. The molecule has 0 atom stereocenters. The van der Waals surface area contributed by atoms with Crippen LogP contribution in [-0.2, 0) is 11.4 Å². The fourth-order valence-corrected chi connectivity index (χ4v) is 4.03. The molecule has 4 aromatic rings. The van der Waals surface area contributed by atoms with Crippen LogP contribution in [0.3, 0.4) is 0 Å². The van der Waals surface area contributed by atoms with E-state index in [0.29, 0.717) is 27.8 Å². The molecule has 0 aliphatic rings. The average molecular weight is 450 g/mol. The van der Waals surface area contributed by atoms with Crippen LogP contribution in [0.5, 0.6) is 11.5 Å². The molecular weight excluding hydrogens is 426 g/mol. The number of fused-ring (bicyclic) bond motifs is 1. The van der Waals surface area contributed by atoms with Gasteiger partial charge in [-0.2, -0.15) is 0 Å². The van der Waals surface area contributed by atoms with Gasteiger partial charge in [0.05, 0.1) is 11.4 Å². The maximum absolute atomic E-state index is 12.5. The quantitative estimate of drug-likeness (QED) is 0.455. The van der Waals surface area contributed by atoms with Crippen LogP contribution in [0.25, 0.3) is 4.96 Å². The Bertz CT molecular complexity index is 1340. The number of rotatable bonds is 7. The van der Waals surface area contributed by atoms with Gasteiger partial charge < -0.3 is 14.8 Å². The number of thiazole rings is 1. The van der Waals surface area contributed by atoms with Gasteiger partial charge in [-0.25, -0.2) is 4.98 Å². The van der Waals surface area contributed by atoms with Gasteiger partial charge in [0.15, 0.2) is 11.6 Å². The van der Waals surface area contributed by atoms with Crippen LogP contribution in [0, 0.1) is 20.8 Å². The number of amides is 1. The molecular formula is C24H23N3O4S. The van der Waals surface area contributed by atoms with Crippen LogP contribution in [0.15, 0.2) is 59.5 Å². The molecule has 1 N–H and O–H groups in total. The van der Waals surface area contributed by atoms with E-state index < -0.39 is 0 Å². The molecule has 8 heteroatoms. The van der Waals surface area contributed by atoms with Gasteiger partial charge in [0.25, 0.3) is 11.5 Å². The Morgan fingerprint density at radius 1 is 1.06 bits per heavy atom. The fraction of sp³-hybridized carbons (Fsp3) is 0.208. The zero-order chi connectivity index (χ0) is 22.7. The molecule has 4 rings (SSSR count). The molecule has 2 heterocycles. The van der Waals surface area contributed by atoms with Gasteiger partial charge in [-0.1, -0.05) is 24.3 Å². The highest BCUT2D eigenvalue weighted by Crippen LogP contribution is 2.27. The Morgan fingerprint density at radius 3 is 2.69 bits per heavy atom. The van der Waals surface area contributed by atoms with Crippen molar-refractivity contribution in [2.45, 2.75) is 27.4 Å². The molecule has 0 aliphatic heterocycles. The molecule has 0 fully saturated rings. The summed E-state index contributed by atoms with van der Waals surface area (Å²) in [7, 11) is 0. The second-order valence-corrected chi connectivity index (χ2v) is 8.68. The largest absolute Gasteiger partial charge is 0.485 e. The van der Waals surface area contributed by atoms with Gasteiger partial charge in [0.1, 0.15) is 18.1 Å². The van der Waals surface area contributed by atoms with Crippen LogP contribution in [-0.4, -0.2) is 21.9 Å². The molecule has 0 radical (unpaired) electrons. The lowest BCUT2D eigenvalue weighted by Crippen LogP contribution is -2.21. The van der Waals surface area contributed by atoms with E-state index in [-0.39, 0.29) is 24.7 Å². The average Bonchev–Trinajstić information content (AvgIpc) is 3.14. The number of benzene rings is 2. The number of hydrogen-bond donors (Lipinski definition) is 1. The second kappa shape index (κ2) is 9.23. The number of carbonyl (C=O) groups excluding carboxylic acids is 1. The lowest BCUT2D eigenvalue weighted by Gasteiger charge is -2.14. The number of hydrogen-bond acceptors (Lipinski definition) is 6. The zero-order valence-corrected chi connectivity index (χ0v) is 18.9. The summed E-state index contributed by atoms with van der Waals surface area (Å²) in [5.74, 6) is 0.868. The number of nitrogens with zero attached hydrogens (tertiary/aromatic N) is 2. The number of aromatic nitrogens is 2. The van der Waals surface area contributed by atoms with Gasteiger partial charge in [-0.15, -0.1) is 11.3 Å². The third-order valence-electron chi connectivity index (χ3n) is 4.78. The number of ether oxygens (including phenoxy) is 2. The summed E-state index contributed by atoms with van der Waals surface area (Å²) >= 11 is 1.45. The molecule has 2 aromatic heterocycles. The van der Waals surface area contributed by atoms with Crippen LogP contribution >= 0.6 is 11.3 Å². The molecule has 164 valence electrons. The molecule has 0 aliphatic carbocycles. The lowest BCUT2D eigenvalue weighted by atomic mass is 10.2. The van der Waals surface area contributed by atoms with Crippen molar-refractivity contribution in [3.63, 3.8) is 0 Å². The summed E-state index contributed by atoms with van der Waals surface area (Å²) in [6.07, 6.45) is 1.77. The normalized spacial score (nSPS) is 10.8. The Labute approximate surface area is 189 Å². The first kappa shape index (κ1) is 21.6. The predicted octanol–water partition coefficient (Wildman–Crippen LogP) is 4.28. The maximum atomic E-state index is 12.5. The highest BCUT2D eigenvalue weighted by Gasteiger charge is 2.12. The van der Waals surface area contributed by atoms with Crippen LogP contribution in [0.2, 0.25) is 0 Å². The SMILES string of the molecule is Cc1ccc(NC(=O)COc2ccccc2C)c(OCc2cc(=O)n3cc(C)sc3n2)c1. The van der Waals surface area contributed by atoms with Crippen LogP contribution < -0.4 is 20.3 Å². The Morgan fingerprint density at radius 2 is 1.88 bits per heavy atom. The van der Waals surface area contributed by atoms with Crippen molar-refractivity contribution in [3.8, 4) is 11.5 Å². The molecule has 0 unspecified atom stereocenters. The second-order valence-electron chi connectivity index (χ2n) is 7.47. The van der Waals surface area contributed by atoms with E-state index in [1.165, 1.54) is 21.8 Å². The first-order chi connectivity index (χ1) is 15.4. The minimum Gasteiger partial charge on any atom is -0.485 e. The standard InChI is InChI=1S/C24H23N3O4S/c1-15-8-9-19(26-22(28)14-31-20-7-5-4-6-16(20)2)21(10-15)30-13-18-11-23(29)27-12-17(3)32-24(27)25-18/h4-12H,13-14H2,1-3H3,(H,26,28). The van der Waals surface area contributed by atoms with Crippen molar-refractivity contribution in [2.24, 2.45) is 0 Å². The molecule has 0 spiro atoms.